The molecular formula is C13H14N2O3S2. The van der Waals surface area contributed by atoms with E-state index in [2.05, 4.69) is 10.3 Å². The molecule has 0 unspecified atom stereocenters. The van der Waals surface area contributed by atoms with Gasteiger partial charge in [-0.1, -0.05) is 6.07 Å². The van der Waals surface area contributed by atoms with Crippen molar-refractivity contribution in [1.29, 1.82) is 0 Å². The van der Waals surface area contributed by atoms with Crippen molar-refractivity contribution in [2.75, 3.05) is 11.6 Å². The summed E-state index contributed by atoms with van der Waals surface area (Å²) in [7, 11) is -3.34. The van der Waals surface area contributed by atoms with Crippen molar-refractivity contribution in [3.8, 4) is 0 Å². The van der Waals surface area contributed by atoms with Gasteiger partial charge in [-0.2, -0.15) is 0 Å². The number of aromatic nitrogens is 1. The lowest BCUT2D eigenvalue weighted by molar-refractivity contribution is 0.102. The maximum atomic E-state index is 12.2. The summed E-state index contributed by atoms with van der Waals surface area (Å²) in [6.45, 7) is 3.65. The maximum Gasteiger partial charge on any atom is 0.257 e. The van der Waals surface area contributed by atoms with Gasteiger partial charge >= 0.3 is 0 Å². The molecule has 7 heteroatoms. The summed E-state index contributed by atoms with van der Waals surface area (Å²) >= 11 is 1.37. The molecule has 0 saturated heterocycles. The summed E-state index contributed by atoms with van der Waals surface area (Å²) in [6, 6.07) is 4.51. The topological polar surface area (TPSA) is 76.1 Å². The molecule has 106 valence electrons. The Morgan fingerprint density at radius 3 is 2.55 bits per heavy atom. The lowest BCUT2D eigenvalue weighted by Gasteiger charge is -2.07. The Bertz CT molecular complexity index is 764. The van der Waals surface area contributed by atoms with Crippen LogP contribution in [-0.4, -0.2) is 25.6 Å². The normalized spacial score (nSPS) is 11.3. The van der Waals surface area contributed by atoms with Gasteiger partial charge in [-0.05, 0) is 31.5 Å². The van der Waals surface area contributed by atoms with Gasteiger partial charge in [0, 0.05) is 22.9 Å². The molecule has 0 spiro atoms. The molecule has 2 rings (SSSR count). The van der Waals surface area contributed by atoms with Crippen molar-refractivity contribution in [3.63, 3.8) is 0 Å². The maximum absolute atomic E-state index is 12.2. The van der Waals surface area contributed by atoms with E-state index in [-0.39, 0.29) is 10.8 Å². The van der Waals surface area contributed by atoms with Crippen LogP contribution in [0.2, 0.25) is 0 Å². The number of aryl methyl sites for hydroxylation is 2. The molecule has 0 atom stereocenters. The number of thiazole rings is 1. The predicted octanol–water partition coefficient (Wildman–Crippen LogP) is 2.42. The fourth-order valence-electron chi connectivity index (χ4n) is 1.65. The highest BCUT2D eigenvalue weighted by Gasteiger charge is 2.15. The Kier molecular flexibility index (Phi) is 3.92. The van der Waals surface area contributed by atoms with E-state index in [4.69, 9.17) is 0 Å². The first-order valence-corrected chi connectivity index (χ1v) is 8.52. The molecule has 5 nitrogen and oxygen atoms in total. The molecule has 0 radical (unpaired) electrons. The lowest BCUT2D eigenvalue weighted by Crippen LogP contribution is -2.14. The van der Waals surface area contributed by atoms with Crippen molar-refractivity contribution in [2.45, 2.75) is 18.7 Å². The highest BCUT2D eigenvalue weighted by atomic mass is 32.2. The second-order valence-electron chi connectivity index (χ2n) is 4.48. The van der Waals surface area contributed by atoms with Crippen LogP contribution in [0.5, 0.6) is 0 Å². The number of carbonyl (C=O) groups excluding carboxylic acids is 1. The number of nitrogens with one attached hydrogen (secondary N) is 1. The Morgan fingerprint density at radius 2 is 2.00 bits per heavy atom. The Morgan fingerprint density at radius 1 is 1.30 bits per heavy atom. The number of carbonyl (C=O) groups is 1. The van der Waals surface area contributed by atoms with Crippen molar-refractivity contribution in [3.05, 3.63) is 40.4 Å². The van der Waals surface area contributed by atoms with Crippen LogP contribution in [0.25, 0.3) is 0 Å². The zero-order chi connectivity index (χ0) is 14.9. The van der Waals surface area contributed by atoms with Gasteiger partial charge in [0.2, 0.25) is 0 Å². The van der Waals surface area contributed by atoms with Crippen LogP contribution < -0.4 is 5.32 Å². The molecule has 1 aromatic heterocycles. The second kappa shape index (κ2) is 5.34. The molecule has 0 fully saturated rings. The summed E-state index contributed by atoms with van der Waals surface area (Å²) in [4.78, 5) is 17.4. The van der Waals surface area contributed by atoms with E-state index < -0.39 is 9.84 Å². The van der Waals surface area contributed by atoms with Gasteiger partial charge in [-0.25, -0.2) is 13.4 Å². The van der Waals surface area contributed by atoms with Crippen LogP contribution in [0.1, 0.15) is 20.8 Å². The quantitative estimate of drug-likeness (QED) is 0.944. The van der Waals surface area contributed by atoms with E-state index in [1.165, 1.54) is 23.5 Å². The monoisotopic (exact) mass is 310 g/mol. The van der Waals surface area contributed by atoms with E-state index in [9.17, 15) is 13.2 Å². The zero-order valence-corrected chi connectivity index (χ0v) is 12.9. The number of anilines is 1. The third-order valence-electron chi connectivity index (χ3n) is 2.72. The average Bonchev–Trinajstić information content (AvgIpc) is 2.73. The van der Waals surface area contributed by atoms with Crippen molar-refractivity contribution in [2.24, 2.45) is 0 Å². The number of amides is 1. The van der Waals surface area contributed by atoms with Crippen molar-refractivity contribution >= 4 is 32.2 Å². The number of hydrogen-bond acceptors (Lipinski definition) is 5. The molecule has 1 heterocycles. The van der Waals surface area contributed by atoms with Crippen molar-refractivity contribution < 1.29 is 13.2 Å². The molecule has 1 amide bonds. The fourth-order valence-corrected chi connectivity index (χ4v) is 2.96. The number of rotatable bonds is 3. The van der Waals surface area contributed by atoms with Crippen LogP contribution in [0.4, 0.5) is 5.13 Å². The van der Waals surface area contributed by atoms with E-state index in [1.807, 2.05) is 6.92 Å². The van der Waals surface area contributed by atoms with Crippen LogP contribution >= 0.6 is 11.3 Å². The SMILES string of the molecule is Cc1cnc(NC(=O)c2cc(S(C)(=O)=O)ccc2C)s1. The van der Waals surface area contributed by atoms with Crippen LogP contribution in [0.3, 0.4) is 0 Å². The first-order chi connectivity index (χ1) is 9.27. The summed E-state index contributed by atoms with van der Waals surface area (Å²) in [5.41, 5.74) is 1.05. The van der Waals surface area contributed by atoms with Gasteiger partial charge in [-0.3, -0.25) is 10.1 Å². The summed E-state index contributed by atoms with van der Waals surface area (Å²) in [5, 5.41) is 3.17. The van der Waals surface area contributed by atoms with Gasteiger partial charge in [0.1, 0.15) is 0 Å². The number of hydrogen-bond donors (Lipinski definition) is 1. The Labute approximate surface area is 121 Å². The molecule has 1 N–H and O–H groups in total. The minimum Gasteiger partial charge on any atom is -0.298 e. The summed E-state index contributed by atoms with van der Waals surface area (Å²) in [6.07, 6.45) is 2.78. The first kappa shape index (κ1) is 14.7. The van der Waals surface area contributed by atoms with Gasteiger partial charge in [0.05, 0.1) is 4.90 Å². The van der Waals surface area contributed by atoms with Gasteiger partial charge in [-0.15, -0.1) is 11.3 Å². The largest absolute Gasteiger partial charge is 0.298 e. The molecule has 0 aliphatic rings. The summed E-state index contributed by atoms with van der Waals surface area (Å²) < 4.78 is 23.1. The summed E-state index contributed by atoms with van der Waals surface area (Å²) in [5.74, 6) is -0.359. The molecule has 2 aromatic rings. The molecule has 0 aliphatic heterocycles. The smallest absolute Gasteiger partial charge is 0.257 e. The van der Waals surface area contributed by atoms with E-state index in [1.54, 1.807) is 19.2 Å². The lowest BCUT2D eigenvalue weighted by atomic mass is 10.1. The molecule has 20 heavy (non-hydrogen) atoms. The average molecular weight is 310 g/mol. The number of benzene rings is 1. The Hall–Kier alpha value is -1.73. The molecular weight excluding hydrogens is 296 g/mol. The van der Waals surface area contributed by atoms with Gasteiger partial charge < -0.3 is 0 Å². The molecule has 0 bridgehead atoms. The number of nitrogens with zero attached hydrogens (tertiary/aromatic N) is 1. The third-order valence-corrected chi connectivity index (χ3v) is 4.66. The second-order valence-corrected chi connectivity index (χ2v) is 7.73. The molecule has 1 aromatic carbocycles. The van der Waals surface area contributed by atoms with Gasteiger partial charge in [0.25, 0.3) is 5.91 Å². The number of sulfone groups is 1. The molecule has 0 saturated carbocycles. The van der Waals surface area contributed by atoms with E-state index >= 15 is 0 Å². The minimum atomic E-state index is -3.34. The van der Waals surface area contributed by atoms with Crippen molar-refractivity contribution in [1.82, 2.24) is 4.98 Å². The third kappa shape index (κ3) is 3.23. The predicted molar refractivity (Wildman–Crippen MR) is 79.1 cm³/mol. The minimum absolute atomic E-state index is 0.128. The zero-order valence-electron chi connectivity index (χ0n) is 11.3. The highest BCUT2D eigenvalue weighted by Crippen LogP contribution is 2.20. The van der Waals surface area contributed by atoms with Crippen LogP contribution in [0.15, 0.2) is 29.3 Å². The van der Waals surface area contributed by atoms with E-state index in [0.717, 1.165) is 11.1 Å². The Balaban J connectivity index is 2.34. The van der Waals surface area contributed by atoms with Crippen LogP contribution in [0, 0.1) is 13.8 Å². The first-order valence-electron chi connectivity index (χ1n) is 5.82. The highest BCUT2D eigenvalue weighted by molar-refractivity contribution is 7.90. The standard InChI is InChI=1S/C13H14N2O3S2/c1-8-4-5-10(20(3,17)18)6-11(8)12(16)15-13-14-7-9(2)19-13/h4-7H,1-3H3,(H,14,15,16). The fraction of sp³-hybridized carbons (Fsp3) is 0.231. The van der Waals surface area contributed by atoms with E-state index in [0.29, 0.717) is 16.3 Å². The molecule has 0 aliphatic carbocycles. The van der Waals surface area contributed by atoms with Gasteiger partial charge in [0.15, 0.2) is 15.0 Å². The van der Waals surface area contributed by atoms with Crippen LogP contribution in [-0.2, 0) is 9.84 Å².